The number of imide groups is 1. The zero-order chi connectivity index (χ0) is 57.8. The molecule has 0 aromatic rings. The summed E-state index contributed by atoms with van der Waals surface area (Å²) in [6, 6.07) is 0. The Kier molecular flexibility index (Phi) is 31.6. The lowest BCUT2D eigenvalue weighted by Crippen LogP contribution is -2.55. The van der Waals surface area contributed by atoms with Gasteiger partial charge in [0.2, 0.25) is 11.8 Å². The molecule has 0 aliphatic carbocycles. The molecule has 0 aromatic carbocycles. The van der Waals surface area contributed by atoms with Gasteiger partial charge in [-0.15, -0.1) is 0 Å². The van der Waals surface area contributed by atoms with E-state index in [9.17, 15) is 64.2 Å². The number of hydrogen-bond donors (Lipinski definition) is 8. The van der Waals surface area contributed by atoms with E-state index < -0.39 is 103 Å². The number of carbonyl (C=O) groups excluding carboxylic acids is 7. The van der Waals surface area contributed by atoms with Gasteiger partial charge in [0.25, 0.3) is 11.8 Å². The Morgan fingerprint density at radius 3 is 1.56 bits per heavy atom. The summed E-state index contributed by atoms with van der Waals surface area (Å²) in [5.41, 5.74) is -0.416. The Hall–Kier alpha value is -3.65. The molecule has 4 amide bonds. The van der Waals surface area contributed by atoms with Crippen LogP contribution in [0.2, 0.25) is 0 Å². The van der Waals surface area contributed by atoms with Crippen molar-refractivity contribution in [3.8, 4) is 0 Å². The first-order valence-electron chi connectivity index (χ1n) is 28.4. The van der Waals surface area contributed by atoms with Crippen LogP contribution in [0.15, 0.2) is 12.2 Å². The standard InChI is InChI=1S/C56H95N3O19/c1-37-48(68)50(70)43(35-60)77-53(37)73-30-14-10-20-42(64)34-39(18-9-13-27-57-45(65)23-11-15-31-74-54-38(2)49(69)51(71)44(36-61)78-54)52(72)58-28-12-7-8-19-40(62)21-16-32-75-56(6,55(3,4)5)76-33-17-22-41(63)26-29-59-46(66)24-25-47(59)67/h24-25,37-39,43-44,48-51,53-54,60-61,68-71H,7-23,26-36H2,1-6H3,(H,57,65)(H,58,72)/t37-,38?,39+,43?,44?,48?,49+,50-,51?,53+,54+,56?/m0/s1. The van der Waals surface area contributed by atoms with E-state index >= 15 is 0 Å². The number of amides is 4. The van der Waals surface area contributed by atoms with Gasteiger partial charge in [-0.05, 0) is 71.1 Å². The van der Waals surface area contributed by atoms with Gasteiger partial charge in [0.1, 0.15) is 41.8 Å². The predicted molar refractivity (Wildman–Crippen MR) is 284 cm³/mol. The molecule has 2 saturated heterocycles. The van der Waals surface area contributed by atoms with Crippen molar-refractivity contribution in [2.24, 2.45) is 23.2 Å². The van der Waals surface area contributed by atoms with Crippen molar-refractivity contribution in [1.82, 2.24) is 15.5 Å². The maximum absolute atomic E-state index is 13.5. The fraction of sp³-hybridized carbons (Fsp3) is 0.839. The van der Waals surface area contributed by atoms with Crippen molar-refractivity contribution >= 4 is 41.0 Å². The topological polar surface area (TPSA) is 324 Å². The lowest BCUT2D eigenvalue weighted by atomic mass is 9.86. The summed E-state index contributed by atoms with van der Waals surface area (Å²) in [5.74, 6) is -3.84. The highest BCUT2D eigenvalue weighted by atomic mass is 16.7. The van der Waals surface area contributed by atoms with E-state index in [1.54, 1.807) is 13.8 Å². The molecule has 0 saturated carbocycles. The Balaban J connectivity index is 1.35. The van der Waals surface area contributed by atoms with Crippen LogP contribution < -0.4 is 10.6 Å². The van der Waals surface area contributed by atoms with Gasteiger partial charge < -0.3 is 69.7 Å². The van der Waals surface area contributed by atoms with E-state index in [0.29, 0.717) is 110 Å². The van der Waals surface area contributed by atoms with Crippen LogP contribution in [0.5, 0.6) is 0 Å². The Bertz CT molecular complexity index is 1860. The van der Waals surface area contributed by atoms with E-state index in [4.69, 9.17) is 28.4 Å². The maximum atomic E-state index is 13.5. The first kappa shape index (κ1) is 68.6. The second-order valence-electron chi connectivity index (χ2n) is 22.3. The largest absolute Gasteiger partial charge is 0.394 e. The van der Waals surface area contributed by atoms with Crippen LogP contribution >= 0.6 is 0 Å². The molecule has 0 spiro atoms. The summed E-state index contributed by atoms with van der Waals surface area (Å²) in [7, 11) is 0. The Morgan fingerprint density at radius 2 is 1.04 bits per heavy atom. The lowest BCUT2D eigenvalue weighted by Gasteiger charge is -2.41. The fourth-order valence-corrected chi connectivity index (χ4v) is 9.23. The van der Waals surface area contributed by atoms with Gasteiger partial charge in [0, 0.05) is 113 Å². The molecular formula is C56H95N3O19. The molecule has 8 N–H and O–H groups in total. The van der Waals surface area contributed by atoms with Crippen LogP contribution in [0.3, 0.4) is 0 Å². The number of rotatable bonds is 41. The quantitative estimate of drug-likeness (QED) is 0.0248. The molecule has 0 radical (unpaired) electrons. The van der Waals surface area contributed by atoms with Gasteiger partial charge in [-0.2, -0.15) is 0 Å². The highest BCUT2D eigenvalue weighted by molar-refractivity contribution is 6.13. The molecular weight excluding hydrogens is 1020 g/mol. The zero-order valence-corrected chi connectivity index (χ0v) is 47.2. The van der Waals surface area contributed by atoms with Crippen LogP contribution in [0.25, 0.3) is 0 Å². The predicted octanol–water partition coefficient (Wildman–Crippen LogP) is 2.86. The number of unbranched alkanes of at least 4 members (excludes halogenated alkanes) is 5. The minimum Gasteiger partial charge on any atom is -0.394 e. The van der Waals surface area contributed by atoms with Crippen molar-refractivity contribution in [2.45, 2.75) is 219 Å². The van der Waals surface area contributed by atoms with Gasteiger partial charge >= 0.3 is 0 Å². The highest BCUT2D eigenvalue weighted by Crippen LogP contribution is 2.35. The molecule has 3 aliphatic heterocycles. The first-order chi connectivity index (χ1) is 37.0. The van der Waals surface area contributed by atoms with Crippen LogP contribution in [0.1, 0.15) is 164 Å². The first-order valence-corrected chi connectivity index (χ1v) is 28.4. The van der Waals surface area contributed by atoms with Crippen molar-refractivity contribution in [1.29, 1.82) is 0 Å². The average molecular weight is 1110 g/mol. The van der Waals surface area contributed by atoms with E-state index in [2.05, 4.69) is 10.6 Å². The third kappa shape index (κ3) is 23.8. The summed E-state index contributed by atoms with van der Waals surface area (Å²) in [5, 5.41) is 65.5. The monoisotopic (exact) mass is 1110 g/mol. The minimum absolute atomic E-state index is 0.0460. The number of aliphatic hydroxyl groups excluding tert-OH is 6. The molecule has 3 heterocycles. The molecule has 3 rings (SSSR count). The van der Waals surface area contributed by atoms with Crippen molar-refractivity contribution in [2.75, 3.05) is 59.3 Å². The molecule has 12 atom stereocenters. The molecule has 6 unspecified atom stereocenters. The lowest BCUT2D eigenvalue weighted by molar-refractivity contribution is -0.282. The van der Waals surface area contributed by atoms with Crippen LogP contribution in [0.4, 0.5) is 0 Å². The SMILES string of the molecule is CC1[C@H](OCCCCC(=O)NCCCC[C@H](CC(=O)CCCCO[C@@H]2OC(CO)[C@H](O)C(O)[C@@H]2C)C(=O)NCCCCCC(=O)CCCOC(C)(OCCCC(=O)CCN2C(=O)C=CC2=O)C(C)(C)C)OC(CO)C(O)[C@@H]1O. The van der Waals surface area contributed by atoms with Gasteiger partial charge in [-0.1, -0.05) is 47.5 Å². The normalized spacial score (nSPS) is 25.7. The second-order valence-corrected chi connectivity index (χ2v) is 22.3. The number of nitrogens with zero attached hydrogens (tertiary/aromatic N) is 1. The minimum atomic E-state index is -1.23. The second kappa shape index (κ2) is 35.9. The molecule has 0 bridgehead atoms. The number of ketones is 3. The number of ether oxygens (including phenoxy) is 6. The summed E-state index contributed by atoms with van der Waals surface area (Å²) >= 11 is 0. The number of Topliss-reactive ketones (excluding diaryl/α,β-unsaturated/α-hetero) is 3. The molecule has 0 aromatic heterocycles. The van der Waals surface area contributed by atoms with E-state index in [1.807, 2.05) is 27.7 Å². The van der Waals surface area contributed by atoms with Crippen molar-refractivity contribution in [3.63, 3.8) is 0 Å². The molecule has 22 heteroatoms. The Morgan fingerprint density at radius 1 is 0.577 bits per heavy atom. The third-order valence-electron chi connectivity index (χ3n) is 15.0. The fourth-order valence-electron chi connectivity index (χ4n) is 9.23. The maximum Gasteiger partial charge on any atom is 0.253 e. The van der Waals surface area contributed by atoms with Crippen LogP contribution in [0, 0.1) is 23.2 Å². The summed E-state index contributed by atoms with van der Waals surface area (Å²) in [6.45, 7) is 12.1. The van der Waals surface area contributed by atoms with Crippen LogP contribution in [-0.4, -0.2) is 191 Å². The molecule has 3 aliphatic rings. The van der Waals surface area contributed by atoms with Gasteiger partial charge in [-0.3, -0.25) is 38.5 Å². The summed E-state index contributed by atoms with van der Waals surface area (Å²) in [4.78, 5) is 89.0. The smallest absolute Gasteiger partial charge is 0.253 e. The molecule has 22 nitrogen and oxygen atoms in total. The molecule has 448 valence electrons. The zero-order valence-electron chi connectivity index (χ0n) is 47.2. The van der Waals surface area contributed by atoms with Gasteiger partial charge in [0.05, 0.1) is 38.6 Å². The van der Waals surface area contributed by atoms with Crippen molar-refractivity contribution < 1.29 is 92.6 Å². The average Bonchev–Trinajstić information content (AvgIpc) is 3.73. The Labute approximate surface area is 461 Å². The number of hydrogen-bond acceptors (Lipinski definition) is 19. The van der Waals surface area contributed by atoms with Gasteiger partial charge in [0.15, 0.2) is 18.4 Å². The number of aliphatic hydroxyl groups is 6. The highest BCUT2D eigenvalue weighted by Gasteiger charge is 2.44. The third-order valence-corrected chi connectivity index (χ3v) is 15.0. The van der Waals surface area contributed by atoms with Gasteiger partial charge in [-0.25, -0.2) is 0 Å². The number of nitrogens with one attached hydrogen (secondary N) is 2. The summed E-state index contributed by atoms with van der Waals surface area (Å²) in [6.07, 6.45) is 2.40. The van der Waals surface area contributed by atoms with Crippen molar-refractivity contribution in [3.05, 3.63) is 12.2 Å². The summed E-state index contributed by atoms with van der Waals surface area (Å²) < 4.78 is 35.1. The number of carbonyl (C=O) groups is 7. The molecule has 78 heavy (non-hydrogen) atoms. The van der Waals surface area contributed by atoms with E-state index in [-0.39, 0.29) is 87.6 Å². The van der Waals surface area contributed by atoms with Crippen LogP contribution in [-0.2, 0) is 62.0 Å². The molecule has 2 fully saturated rings. The van der Waals surface area contributed by atoms with E-state index in [0.717, 1.165) is 4.90 Å². The van der Waals surface area contributed by atoms with E-state index in [1.165, 1.54) is 12.2 Å².